The molecule has 0 fully saturated rings. The number of aromatic nitrogens is 3. The number of nitrogens with zero attached hydrogens (tertiary/aromatic N) is 2. The highest BCUT2D eigenvalue weighted by atomic mass is 16.5. The van der Waals surface area contributed by atoms with E-state index in [-0.39, 0.29) is 5.91 Å². The first-order valence-corrected chi connectivity index (χ1v) is 8.71. The van der Waals surface area contributed by atoms with Gasteiger partial charge >= 0.3 is 5.97 Å². The zero-order chi connectivity index (χ0) is 19.7. The van der Waals surface area contributed by atoms with Crippen molar-refractivity contribution in [3.8, 4) is 28.5 Å². The minimum absolute atomic E-state index is 0.0921. The van der Waals surface area contributed by atoms with Gasteiger partial charge in [0.05, 0.1) is 42.3 Å². The average molecular weight is 378 g/mol. The number of benzene rings is 1. The Bertz CT molecular complexity index is 1070. The molecule has 0 saturated heterocycles. The molecule has 142 valence electrons. The molecule has 0 radical (unpaired) electrons. The van der Waals surface area contributed by atoms with E-state index in [2.05, 4.69) is 20.3 Å². The topological polar surface area (TPSA) is 106 Å². The summed E-state index contributed by atoms with van der Waals surface area (Å²) in [6.07, 6.45) is 2.37. The van der Waals surface area contributed by atoms with E-state index >= 15 is 0 Å². The van der Waals surface area contributed by atoms with E-state index in [1.54, 1.807) is 36.5 Å². The van der Waals surface area contributed by atoms with Crippen LogP contribution in [0.25, 0.3) is 22.8 Å². The first-order chi connectivity index (χ1) is 13.6. The van der Waals surface area contributed by atoms with E-state index in [4.69, 9.17) is 9.47 Å². The van der Waals surface area contributed by atoms with Crippen LogP contribution in [0.1, 0.15) is 26.4 Å². The molecule has 8 nitrogen and oxygen atoms in total. The molecule has 3 aromatic rings. The number of hydrogen-bond acceptors (Lipinski definition) is 6. The SMILES string of the molecule is COC(=O)c1ccc(OC)c(-c2nccc(-c3cc4c([nH]3)CCNC4=O)n2)c1. The quantitative estimate of drug-likeness (QED) is 0.674. The van der Waals surface area contributed by atoms with Gasteiger partial charge in [-0.05, 0) is 30.3 Å². The van der Waals surface area contributed by atoms with E-state index in [0.717, 1.165) is 17.8 Å². The van der Waals surface area contributed by atoms with Crippen LogP contribution < -0.4 is 10.1 Å². The molecular formula is C20H18N4O4. The first kappa shape index (κ1) is 17.7. The summed E-state index contributed by atoms with van der Waals surface area (Å²) in [7, 11) is 2.87. The van der Waals surface area contributed by atoms with Gasteiger partial charge in [0.2, 0.25) is 0 Å². The van der Waals surface area contributed by atoms with Crippen molar-refractivity contribution in [2.75, 3.05) is 20.8 Å². The highest BCUT2D eigenvalue weighted by Gasteiger charge is 2.21. The minimum atomic E-state index is -0.455. The van der Waals surface area contributed by atoms with Crippen molar-refractivity contribution in [1.82, 2.24) is 20.3 Å². The number of hydrogen-bond donors (Lipinski definition) is 2. The van der Waals surface area contributed by atoms with Crippen LogP contribution in [0.5, 0.6) is 5.75 Å². The van der Waals surface area contributed by atoms with Gasteiger partial charge in [-0.1, -0.05) is 0 Å². The summed E-state index contributed by atoms with van der Waals surface area (Å²) in [6.45, 7) is 0.609. The van der Waals surface area contributed by atoms with E-state index in [1.165, 1.54) is 14.2 Å². The van der Waals surface area contributed by atoms with Gasteiger partial charge in [0.1, 0.15) is 5.75 Å². The number of methoxy groups -OCH3 is 2. The Hall–Kier alpha value is -3.68. The molecule has 8 heteroatoms. The molecule has 2 N–H and O–H groups in total. The summed E-state index contributed by atoms with van der Waals surface area (Å²) in [5.41, 5.74) is 3.84. The standard InChI is InChI=1S/C20H18N4O4/c1-27-17-4-3-11(20(26)28-2)9-13(17)18-21-7-6-15(24-18)16-10-12-14(23-16)5-8-22-19(12)25/h3-4,6-7,9-10,23H,5,8H2,1-2H3,(H,22,25). The van der Waals surface area contributed by atoms with Crippen LogP contribution >= 0.6 is 0 Å². The van der Waals surface area contributed by atoms with Crippen molar-refractivity contribution < 1.29 is 19.1 Å². The number of H-pyrrole nitrogens is 1. The van der Waals surface area contributed by atoms with Gasteiger partial charge < -0.3 is 19.8 Å². The Morgan fingerprint density at radius 2 is 2.00 bits per heavy atom. The lowest BCUT2D eigenvalue weighted by atomic mass is 10.1. The number of amides is 1. The number of rotatable bonds is 4. The third-order valence-corrected chi connectivity index (χ3v) is 4.60. The molecule has 4 rings (SSSR count). The molecule has 0 saturated carbocycles. The monoisotopic (exact) mass is 378 g/mol. The van der Waals surface area contributed by atoms with E-state index < -0.39 is 5.97 Å². The zero-order valence-corrected chi connectivity index (χ0v) is 15.4. The number of fused-ring (bicyclic) bond motifs is 1. The predicted octanol–water partition coefficient (Wildman–Crippen LogP) is 2.22. The van der Waals surface area contributed by atoms with Crippen molar-refractivity contribution in [3.63, 3.8) is 0 Å². The van der Waals surface area contributed by atoms with Gasteiger partial charge in [-0.2, -0.15) is 0 Å². The van der Waals surface area contributed by atoms with Gasteiger partial charge in [-0.15, -0.1) is 0 Å². The van der Waals surface area contributed by atoms with Crippen LogP contribution in [0.3, 0.4) is 0 Å². The van der Waals surface area contributed by atoms with Crippen LogP contribution in [0.2, 0.25) is 0 Å². The van der Waals surface area contributed by atoms with Crippen molar-refractivity contribution in [2.24, 2.45) is 0 Å². The third-order valence-electron chi connectivity index (χ3n) is 4.60. The summed E-state index contributed by atoms with van der Waals surface area (Å²) in [5.74, 6) is 0.390. The fourth-order valence-electron chi connectivity index (χ4n) is 3.20. The molecule has 0 bridgehead atoms. The van der Waals surface area contributed by atoms with Crippen molar-refractivity contribution in [2.45, 2.75) is 6.42 Å². The first-order valence-electron chi connectivity index (χ1n) is 8.71. The molecule has 0 spiro atoms. The Morgan fingerprint density at radius 1 is 1.14 bits per heavy atom. The maximum atomic E-state index is 12.0. The zero-order valence-electron chi connectivity index (χ0n) is 15.4. The molecule has 0 aliphatic carbocycles. The second kappa shape index (κ2) is 7.15. The number of esters is 1. The van der Waals surface area contributed by atoms with Gasteiger partial charge in [0, 0.05) is 24.9 Å². The lowest BCUT2D eigenvalue weighted by Gasteiger charge is -2.11. The van der Waals surface area contributed by atoms with Crippen molar-refractivity contribution in [3.05, 3.63) is 53.3 Å². The molecule has 1 amide bonds. The fraction of sp³-hybridized carbons (Fsp3) is 0.200. The molecular weight excluding hydrogens is 360 g/mol. The van der Waals surface area contributed by atoms with E-state index in [0.29, 0.717) is 40.5 Å². The van der Waals surface area contributed by atoms with Crippen molar-refractivity contribution >= 4 is 11.9 Å². The predicted molar refractivity (Wildman–Crippen MR) is 101 cm³/mol. The lowest BCUT2D eigenvalue weighted by Crippen LogP contribution is -2.31. The Balaban J connectivity index is 1.77. The number of aromatic amines is 1. The van der Waals surface area contributed by atoms with Crippen LogP contribution in [0.15, 0.2) is 36.5 Å². The summed E-state index contributed by atoms with van der Waals surface area (Å²) < 4.78 is 10.2. The van der Waals surface area contributed by atoms with Crippen LogP contribution in [-0.2, 0) is 11.2 Å². The van der Waals surface area contributed by atoms with Gasteiger partial charge in [0.15, 0.2) is 5.82 Å². The molecule has 2 aromatic heterocycles. The number of ether oxygens (including phenoxy) is 2. The van der Waals surface area contributed by atoms with Crippen LogP contribution in [-0.4, -0.2) is 47.6 Å². The third kappa shape index (κ3) is 3.09. The van der Waals surface area contributed by atoms with E-state index in [1.807, 2.05) is 0 Å². The second-order valence-electron chi connectivity index (χ2n) is 6.25. The smallest absolute Gasteiger partial charge is 0.337 e. The Kier molecular flexibility index (Phi) is 4.52. The van der Waals surface area contributed by atoms with Gasteiger partial charge in [0.25, 0.3) is 5.91 Å². The van der Waals surface area contributed by atoms with Gasteiger partial charge in [-0.3, -0.25) is 4.79 Å². The lowest BCUT2D eigenvalue weighted by molar-refractivity contribution is 0.0600. The number of carbonyl (C=O) groups is 2. The van der Waals surface area contributed by atoms with Crippen molar-refractivity contribution in [1.29, 1.82) is 0 Å². The Morgan fingerprint density at radius 3 is 2.75 bits per heavy atom. The molecule has 1 aliphatic rings. The van der Waals surface area contributed by atoms with Gasteiger partial charge in [-0.25, -0.2) is 14.8 Å². The second-order valence-corrected chi connectivity index (χ2v) is 6.25. The maximum absolute atomic E-state index is 12.0. The average Bonchev–Trinajstić information content (AvgIpc) is 3.18. The molecule has 28 heavy (non-hydrogen) atoms. The van der Waals surface area contributed by atoms with E-state index in [9.17, 15) is 9.59 Å². The number of carbonyl (C=O) groups excluding carboxylic acids is 2. The Labute approximate surface area is 160 Å². The van der Waals surface area contributed by atoms with Crippen LogP contribution in [0, 0.1) is 0 Å². The molecule has 0 unspecified atom stereocenters. The maximum Gasteiger partial charge on any atom is 0.337 e. The highest BCUT2D eigenvalue weighted by Crippen LogP contribution is 2.30. The van der Waals surface area contributed by atoms with Crippen LogP contribution in [0.4, 0.5) is 0 Å². The summed E-state index contributed by atoms with van der Waals surface area (Å²) in [6, 6.07) is 8.48. The normalized spacial score (nSPS) is 12.9. The summed E-state index contributed by atoms with van der Waals surface area (Å²) in [5, 5.41) is 2.83. The molecule has 3 heterocycles. The molecule has 1 aliphatic heterocycles. The minimum Gasteiger partial charge on any atom is -0.496 e. The fourth-order valence-corrected chi connectivity index (χ4v) is 3.20. The summed E-state index contributed by atoms with van der Waals surface area (Å²) in [4.78, 5) is 36.1. The highest BCUT2D eigenvalue weighted by molar-refractivity contribution is 5.97. The molecule has 1 aromatic carbocycles. The largest absolute Gasteiger partial charge is 0.496 e. The summed E-state index contributed by atoms with van der Waals surface area (Å²) >= 11 is 0. The molecule has 0 atom stereocenters. The number of nitrogens with one attached hydrogen (secondary N) is 2.